The highest BCUT2D eigenvalue weighted by Crippen LogP contribution is 2.08. The molecule has 0 aliphatic rings. The average molecular weight is 207 g/mol. The van der Waals surface area contributed by atoms with Crippen molar-refractivity contribution >= 4 is 17.0 Å². The molecule has 15 heavy (non-hydrogen) atoms. The largest absolute Gasteiger partial charge is 0.369 e. The summed E-state index contributed by atoms with van der Waals surface area (Å²) in [7, 11) is 1.88. The Kier molecular flexibility index (Phi) is 2.42. The summed E-state index contributed by atoms with van der Waals surface area (Å²) in [5, 5.41) is 3.60. The van der Waals surface area contributed by atoms with Gasteiger partial charge in [-0.2, -0.15) is 4.98 Å². The summed E-state index contributed by atoms with van der Waals surface area (Å²) in [6.07, 6.45) is 1.84. The van der Waals surface area contributed by atoms with E-state index in [0.717, 1.165) is 13.1 Å². The highest BCUT2D eigenvalue weighted by molar-refractivity contribution is 5.75. The van der Waals surface area contributed by atoms with Gasteiger partial charge in [0.05, 0.1) is 5.39 Å². The Morgan fingerprint density at radius 1 is 1.67 bits per heavy atom. The van der Waals surface area contributed by atoms with Crippen LogP contribution in [0.25, 0.3) is 11.0 Å². The summed E-state index contributed by atoms with van der Waals surface area (Å²) in [4.78, 5) is 18.1. The minimum Gasteiger partial charge on any atom is -0.369 e. The van der Waals surface area contributed by atoms with Crippen LogP contribution in [0.5, 0.6) is 0 Å². The van der Waals surface area contributed by atoms with Crippen LogP contribution >= 0.6 is 0 Å². The van der Waals surface area contributed by atoms with Crippen molar-refractivity contribution in [3.05, 3.63) is 22.6 Å². The maximum absolute atomic E-state index is 11.5. The van der Waals surface area contributed by atoms with Gasteiger partial charge in [-0.3, -0.25) is 9.78 Å². The van der Waals surface area contributed by atoms with Crippen molar-refractivity contribution in [1.29, 1.82) is 0 Å². The second-order valence-corrected chi connectivity index (χ2v) is 3.30. The number of nitrogens with zero attached hydrogens (tertiary/aromatic N) is 2. The first-order valence-electron chi connectivity index (χ1n) is 4.71. The van der Waals surface area contributed by atoms with Gasteiger partial charge in [0.2, 0.25) is 5.95 Å². The molecular formula is C9H13N5O. The zero-order valence-electron chi connectivity index (χ0n) is 8.45. The molecule has 0 saturated heterocycles. The third-order valence-corrected chi connectivity index (χ3v) is 2.25. The molecule has 0 unspecified atom stereocenters. The number of H-pyrrole nitrogens is 1. The number of aromatic amines is 1. The average Bonchev–Trinajstić information content (AvgIpc) is 2.58. The molecule has 0 fully saturated rings. The molecule has 0 aliphatic heterocycles. The van der Waals surface area contributed by atoms with Crippen molar-refractivity contribution in [2.75, 3.05) is 19.3 Å². The van der Waals surface area contributed by atoms with Crippen LogP contribution in [0.1, 0.15) is 0 Å². The third kappa shape index (κ3) is 1.71. The fourth-order valence-electron chi connectivity index (χ4n) is 1.50. The Morgan fingerprint density at radius 3 is 3.20 bits per heavy atom. The molecule has 0 amide bonds. The van der Waals surface area contributed by atoms with Gasteiger partial charge in [-0.05, 0) is 13.1 Å². The van der Waals surface area contributed by atoms with E-state index in [-0.39, 0.29) is 11.5 Å². The summed E-state index contributed by atoms with van der Waals surface area (Å²) >= 11 is 0. The van der Waals surface area contributed by atoms with Crippen LogP contribution in [0, 0.1) is 0 Å². The lowest BCUT2D eigenvalue weighted by Gasteiger charge is -2.03. The molecular weight excluding hydrogens is 194 g/mol. The van der Waals surface area contributed by atoms with E-state index in [1.165, 1.54) is 0 Å². The Labute approximate surface area is 86.1 Å². The predicted octanol–water partition coefficient (Wildman–Crippen LogP) is -0.474. The van der Waals surface area contributed by atoms with E-state index in [9.17, 15) is 4.79 Å². The van der Waals surface area contributed by atoms with E-state index in [0.29, 0.717) is 11.0 Å². The van der Waals surface area contributed by atoms with Gasteiger partial charge in [0.25, 0.3) is 5.56 Å². The van der Waals surface area contributed by atoms with Crippen LogP contribution in [-0.4, -0.2) is 28.1 Å². The molecule has 2 heterocycles. The van der Waals surface area contributed by atoms with Crippen molar-refractivity contribution in [2.24, 2.45) is 0 Å². The maximum atomic E-state index is 11.5. The molecule has 0 atom stereocenters. The van der Waals surface area contributed by atoms with E-state index >= 15 is 0 Å². The number of rotatable bonds is 3. The van der Waals surface area contributed by atoms with Crippen LogP contribution in [0.2, 0.25) is 0 Å². The molecule has 0 radical (unpaired) electrons. The molecule has 0 aliphatic carbocycles. The van der Waals surface area contributed by atoms with E-state index in [1.807, 2.05) is 17.8 Å². The molecule has 80 valence electrons. The SMILES string of the molecule is CNCCn1ccc2c(=O)[nH]c(N)nc21. The number of anilines is 1. The summed E-state index contributed by atoms with van der Waals surface area (Å²) < 4.78 is 1.90. The lowest BCUT2D eigenvalue weighted by atomic mass is 10.4. The molecule has 2 aromatic rings. The molecule has 6 nitrogen and oxygen atoms in total. The first-order chi connectivity index (χ1) is 7.22. The fourth-order valence-corrected chi connectivity index (χ4v) is 1.50. The second-order valence-electron chi connectivity index (χ2n) is 3.30. The topological polar surface area (TPSA) is 88.7 Å². The lowest BCUT2D eigenvalue weighted by Crippen LogP contribution is -2.16. The molecule has 2 rings (SSSR count). The quantitative estimate of drug-likeness (QED) is 0.634. The van der Waals surface area contributed by atoms with Gasteiger partial charge in [0.1, 0.15) is 5.65 Å². The predicted molar refractivity (Wildman–Crippen MR) is 58.7 cm³/mol. The smallest absolute Gasteiger partial charge is 0.261 e. The summed E-state index contributed by atoms with van der Waals surface area (Å²) in [6, 6.07) is 1.75. The molecule has 0 saturated carbocycles. The highest BCUT2D eigenvalue weighted by Gasteiger charge is 2.06. The zero-order valence-corrected chi connectivity index (χ0v) is 8.45. The second kappa shape index (κ2) is 3.74. The molecule has 6 heteroatoms. The monoisotopic (exact) mass is 207 g/mol. The van der Waals surface area contributed by atoms with E-state index in [4.69, 9.17) is 5.73 Å². The normalized spacial score (nSPS) is 11.0. The van der Waals surface area contributed by atoms with Gasteiger partial charge in [-0.25, -0.2) is 0 Å². The minimum absolute atomic E-state index is 0.150. The van der Waals surface area contributed by atoms with Crippen molar-refractivity contribution in [3.63, 3.8) is 0 Å². The number of nitrogens with two attached hydrogens (primary N) is 1. The summed E-state index contributed by atoms with van der Waals surface area (Å²) in [6.45, 7) is 1.58. The molecule has 0 spiro atoms. The minimum atomic E-state index is -0.194. The number of hydrogen-bond donors (Lipinski definition) is 3. The molecule has 2 aromatic heterocycles. The first-order valence-corrected chi connectivity index (χ1v) is 4.71. The van der Waals surface area contributed by atoms with Gasteiger partial charge in [-0.1, -0.05) is 0 Å². The number of aromatic nitrogens is 3. The van der Waals surface area contributed by atoms with Gasteiger partial charge in [0.15, 0.2) is 0 Å². The van der Waals surface area contributed by atoms with Gasteiger partial charge < -0.3 is 15.6 Å². The number of nitrogens with one attached hydrogen (secondary N) is 2. The van der Waals surface area contributed by atoms with Gasteiger partial charge in [-0.15, -0.1) is 0 Å². The van der Waals surface area contributed by atoms with Crippen LogP contribution in [0.15, 0.2) is 17.1 Å². The highest BCUT2D eigenvalue weighted by atomic mass is 16.1. The van der Waals surface area contributed by atoms with Crippen molar-refractivity contribution in [1.82, 2.24) is 19.9 Å². The van der Waals surface area contributed by atoms with E-state index in [1.54, 1.807) is 6.07 Å². The summed E-state index contributed by atoms with van der Waals surface area (Å²) in [5.41, 5.74) is 5.92. The number of likely N-dealkylation sites (N-methyl/N-ethyl adjacent to an activating group) is 1. The zero-order chi connectivity index (χ0) is 10.8. The standard InChI is InChI=1S/C9H13N5O/c1-11-3-5-14-4-2-6-7(14)12-9(10)13-8(6)15/h2,4,11H,3,5H2,1H3,(H3,10,12,13,15). The van der Waals surface area contributed by atoms with Gasteiger partial charge >= 0.3 is 0 Å². The number of fused-ring (bicyclic) bond motifs is 1. The molecule has 0 bridgehead atoms. The number of hydrogen-bond acceptors (Lipinski definition) is 4. The van der Waals surface area contributed by atoms with E-state index in [2.05, 4.69) is 15.3 Å². The van der Waals surface area contributed by atoms with Gasteiger partial charge in [0, 0.05) is 19.3 Å². The fraction of sp³-hybridized carbons (Fsp3) is 0.333. The van der Waals surface area contributed by atoms with Crippen LogP contribution in [-0.2, 0) is 6.54 Å². The Morgan fingerprint density at radius 2 is 2.47 bits per heavy atom. The maximum Gasteiger partial charge on any atom is 0.261 e. The van der Waals surface area contributed by atoms with Crippen molar-refractivity contribution < 1.29 is 0 Å². The van der Waals surface area contributed by atoms with Crippen molar-refractivity contribution in [3.8, 4) is 0 Å². The van der Waals surface area contributed by atoms with Crippen LogP contribution in [0.4, 0.5) is 5.95 Å². The first kappa shape index (κ1) is 9.72. The van der Waals surface area contributed by atoms with Crippen LogP contribution in [0.3, 0.4) is 0 Å². The third-order valence-electron chi connectivity index (χ3n) is 2.25. The number of nitrogen functional groups attached to an aromatic ring is 1. The Hall–Kier alpha value is -1.82. The Bertz CT molecular complexity index is 527. The summed E-state index contributed by atoms with van der Waals surface area (Å²) in [5.74, 6) is 0.150. The molecule has 0 aromatic carbocycles. The Balaban J connectivity index is 2.53. The van der Waals surface area contributed by atoms with E-state index < -0.39 is 0 Å². The molecule has 4 N–H and O–H groups in total. The van der Waals surface area contributed by atoms with Crippen molar-refractivity contribution in [2.45, 2.75) is 6.54 Å². The van der Waals surface area contributed by atoms with Crippen LogP contribution < -0.4 is 16.6 Å². The lowest BCUT2D eigenvalue weighted by molar-refractivity contribution is 0.658.